The second-order valence-corrected chi connectivity index (χ2v) is 8.19. The highest BCUT2D eigenvalue weighted by molar-refractivity contribution is 5.66. The van der Waals surface area contributed by atoms with Gasteiger partial charge in [0.1, 0.15) is 0 Å². The fraction of sp³-hybridized carbons (Fsp3) is 0.808. The standard InChI is InChI=1S/C26H48O2/c1-2-3-4-5-6-7-8-9-10-11-12-13-14-15-16-17-18-19-20-21-22-23-24-25-26(27)28/h6-7,19-20H,2-5,8-18,21-25H2,1H3,(H,27,28). The largest absolute Gasteiger partial charge is 0.481 e. The molecule has 0 rings (SSSR count). The van der Waals surface area contributed by atoms with Crippen molar-refractivity contribution in [3.05, 3.63) is 24.3 Å². The number of hydrogen-bond acceptors (Lipinski definition) is 1. The Balaban J connectivity index is 3.11. The molecule has 1 N–H and O–H groups in total. The average Bonchev–Trinajstić information content (AvgIpc) is 2.68. The highest BCUT2D eigenvalue weighted by Crippen LogP contribution is 2.12. The molecule has 2 heteroatoms. The van der Waals surface area contributed by atoms with Gasteiger partial charge in [-0.15, -0.1) is 0 Å². The summed E-state index contributed by atoms with van der Waals surface area (Å²) < 4.78 is 0. The molecule has 0 bridgehead atoms. The minimum atomic E-state index is -0.670. The number of unbranched alkanes of at least 4 members (excludes halogenated alkanes) is 16. The summed E-state index contributed by atoms with van der Waals surface area (Å²) in [6.45, 7) is 2.26. The molecular weight excluding hydrogens is 344 g/mol. The van der Waals surface area contributed by atoms with E-state index in [1.54, 1.807) is 0 Å². The van der Waals surface area contributed by atoms with Gasteiger partial charge in [0.25, 0.3) is 0 Å². The third-order valence-electron chi connectivity index (χ3n) is 5.31. The predicted molar refractivity (Wildman–Crippen MR) is 124 cm³/mol. The zero-order valence-corrected chi connectivity index (χ0v) is 18.8. The molecule has 28 heavy (non-hydrogen) atoms. The van der Waals surface area contributed by atoms with Gasteiger partial charge >= 0.3 is 5.97 Å². The van der Waals surface area contributed by atoms with E-state index >= 15 is 0 Å². The van der Waals surface area contributed by atoms with Gasteiger partial charge in [0, 0.05) is 6.42 Å². The Labute approximate surface area is 175 Å². The Kier molecular flexibility index (Phi) is 23.1. The van der Waals surface area contributed by atoms with Crippen molar-refractivity contribution in [1.82, 2.24) is 0 Å². The van der Waals surface area contributed by atoms with E-state index < -0.39 is 5.97 Å². The van der Waals surface area contributed by atoms with Crippen molar-refractivity contribution in [3.63, 3.8) is 0 Å². The van der Waals surface area contributed by atoms with Gasteiger partial charge in [-0.05, 0) is 57.8 Å². The second-order valence-electron chi connectivity index (χ2n) is 8.19. The summed E-state index contributed by atoms with van der Waals surface area (Å²) in [5.74, 6) is -0.670. The molecule has 0 saturated carbocycles. The van der Waals surface area contributed by atoms with Gasteiger partial charge in [-0.1, -0.05) is 95.4 Å². The van der Waals surface area contributed by atoms with E-state index in [9.17, 15) is 4.79 Å². The summed E-state index contributed by atoms with van der Waals surface area (Å²) in [5.41, 5.74) is 0. The zero-order valence-electron chi connectivity index (χ0n) is 18.8. The molecule has 0 aliphatic heterocycles. The van der Waals surface area contributed by atoms with Crippen LogP contribution in [0, 0.1) is 0 Å². The maximum Gasteiger partial charge on any atom is 0.303 e. The first kappa shape index (κ1) is 27.0. The molecule has 0 aromatic rings. The van der Waals surface area contributed by atoms with Crippen molar-refractivity contribution in [1.29, 1.82) is 0 Å². The molecule has 0 heterocycles. The van der Waals surface area contributed by atoms with Gasteiger partial charge < -0.3 is 5.11 Å². The SMILES string of the molecule is CCCCCC=CCCCCCCCCCCCC=CCCCCCC(=O)O. The van der Waals surface area contributed by atoms with Crippen LogP contribution in [0.4, 0.5) is 0 Å². The quantitative estimate of drug-likeness (QED) is 0.147. The highest BCUT2D eigenvalue weighted by atomic mass is 16.4. The number of rotatable bonds is 22. The first-order valence-corrected chi connectivity index (χ1v) is 12.3. The molecule has 0 fully saturated rings. The minimum absolute atomic E-state index is 0.320. The molecule has 0 saturated heterocycles. The minimum Gasteiger partial charge on any atom is -0.481 e. The lowest BCUT2D eigenvalue weighted by molar-refractivity contribution is -0.137. The molecular formula is C26H48O2. The van der Waals surface area contributed by atoms with Crippen LogP contribution in [0.25, 0.3) is 0 Å². The Hall–Kier alpha value is -1.05. The van der Waals surface area contributed by atoms with Crippen molar-refractivity contribution in [2.24, 2.45) is 0 Å². The molecule has 0 amide bonds. The van der Waals surface area contributed by atoms with Crippen molar-refractivity contribution >= 4 is 5.97 Å². The van der Waals surface area contributed by atoms with Crippen LogP contribution < -0.4 is 0 Å². The second kappa shape index (κ2) is 24.0. The van der Waals surface area contributed by atoms with Gasteiger partial charge in [0.05, 0.1) is 0 Å². The Bertz CT molecular complexity index is 371. The lowest BCUT2D eigenvalue weighted by Crippen LogP contribution is -1.93. The molecule has 0 radical (unpaired) electrons. The fourth-order valence-corrected chi connectivity index (χ4v) is 3.46. The molecule has 2 nitrogen and oxygen atoms in total. The van der Waals surface area contributed by atoms with Crippen LogP contribution in [0.2, 0.25) is 0 Å². The van der Waals surface area contributed by atoms with E-state index in [0.29, 0.717) is 6.42 Å². The zero-order chi connectivity index (χ0) is 20.5. The number of aliphatic carboxylic acids is 1. The monoisotopic (exact) mass is 392 g/mol. The maximum atomic E-state index is 10.4. The fourth-order valence-electron chi connectivity index (χ4n) is 3.46. The first-order valence-electron chi connectivity index (χ1n) is 12.3. The molecule has 0 aliphatic rings. The number of carbonyl (C=O) groups is 1. The van der Waals surface area contributed by atoms with E-state index in [2.05, 4.69) is 31.2 Å². The van der Waals surface area contributed by atoms with E-state index in [-0.39, 0.29) is 0 Å². The third-order valence-corrected chi connectivity index (χ3v) is 5.31. The predicted octanol–water partition coefficient (Wildman–Crippen LogP) is 9.01. The smallest absolute Gasteiger partial charge is 0.303 e. The molecule has 164 valence electrons. The van der Waals surface area contributed by atoms with Crippen molar-refractivity contribution < 1.29 is 9.90 Å². The molecule has 0 aromatic heterocycles. The summed E-state index contributed by atoms with van der Waals surface area (Å²) in [6.07, 6.45) is 34.1. The van der Waals surface area contributed by atoms with Crippen molar-refractivity contribution in [2.45, 2.75) is 135 Å². The first-order chi connectivity index (χ1) is 13.8. The molecule has 0 spiro atoms. The average molecular weight is 393 g/mol. The number of carboxylic acids is 1. The van der Waals surface area contributed by atoms with Crippen LogP contribution in [0.5, 0.6) is 0 Å². The number of allylic oxidation sites excluding steroid dienone is 4. The summed E-state index contributed by atoms with van der Waals surface area (Å²) in [4.78, 5) is 10.4. The van der Waals surface area contributed by atoms with Gasteiger partial charge in [0.2, 0.25) is 0 Å². The number of carboxylic acid groups (broad SMARTS) is 1. The number of hydrogen-bond donors (Lipinski definition) is 1. The summed E-state index contributed by atoms with van der Waals surface area (Å²) >= 11 is 0. The Morgan fingerprint density at radius 3 is 1.21 bits per heavy atom. The summed E-state index contributed by atoms with van der Waals surface area (Å²) in [5, 5.41) is 8.57. The maximum absolute atomic E-state index is 10.4. The normalized spacial score (nSPS) is 11.8. The van der Waals surface area contributed by atoms with E-state index in [4.69, 9.17) is 5.11 Å². The van der Waals surface area contributed by atoms with Crippen molar-refractivity contribution in [2.75, 3.05) is 0 Å². The molecule has 0 aromatic carbocycles. The Morgan fingerprint density at radius 1 is 0.536 bits per heavy atom. The Morgan fingerprint density at radius 2 is 0.857 bits per heavy atom. The summed E-state index contributed by atoms with van der Waals surface area (Å²) in [7, 11) is 0. The van der Waals surface area contributed by atoms with Crippen LogP contribution in [0.1, 0.15) is 135 Å². The van der Waals surface area contributed by atoms with Crippen LogP contribution in [-0.4, -0.2) is 11.1 Å². The molecule has 0 aliphatic carbocycles. The molecule has 0 unspecified atom stereocenters. The van der Waals surface area contributed by atoms with E-state index in [1.807, 2.05) is 0 Å². The van der Waals surface area contributed by atoms with E-state index in [1.165, 1.54) is 96.3 Å². The van der Waals surface area contributed by atoms with Crippen LogP contribution >= 0.6 is 0 Å². The lowest BCUT2D eigenvalue weighted by atomic mass is 10.1. The molecule has 0 atom stereocenters. The van der Waals surface area contributed by atoms with Crippen LogP contribution in [0.15, 0.2) is 24.3 Å². The van der Waals surface area contributed by atoms with Gasteiger partial charge in [-0.3, -0.25) is 4.79 Å². The van der Waals surface area contributed by atoms with Crippen molar-refractivity contribution in [3.8, 4) is 0 Å². The van der Waals surface area contributed by atoms with Gasteiger partial charge in [-0.2, -0.15) is 0 Å². The summed E-state index contributed by atoms with van der Waals surface area (Å²) in [6, 6.07) is 0. The van der Waals surface area contributed by atoms with Crippen LogP contribution in [-0.2, 0) is 4.79 Å². The van der Waals surface area contributed by atoms with Gasteiger partial charge in [-0.25, -0.2) is 0 Å². The lowest BCUT2D eigenvalue weighted by Gasteiger charge is -2.01. The highest BCUT2D eigenvalue weighted by Gasteiger charge is 1.95. The third kappa shape index (κ3) is 24.9. The van der Waals surface area contributed by atoms with Gasteiger partial charge in [0.15, 0.2) is 0 Å². The van der Waals surface area contributed by atoms with Crippen LogP contribution in [0.3, 0.4) is 0 Å². The van der Waals surface area contributed by atoms with E-state index in [0.717, 1.165) is 25.7 Å². The topological polar surface area (TPSA) is 37.3 Å².